The van der Waals surface area contributed by atoms with Gasteiger partial charge < -0.3 is 10.6 Å². The molecule has 0 bridgehead atoms. The van der Waals surface area contributed by atoms with Crippen LogP contribution in [-0.4, -0.2) is 32.5 Å². The maximum atomic E-state index is 12.9. The number of benzene rings is 2. The van der Waals surface area contributed by atoms with Gasteiger partial charge in [-0.25, -0.2) is 9.78 Å². The van der Waals surface area contributed by atoms with Crippen LogP contribution in [0.4, 0.5) is 22.0 Å². The first-order valence-corrected chi connectivity index (χ1v) is 11.3. The standard InChI is InChI=1S/C27H24N6O2/c1-32-19-24(18-29-32)30-26-13-12-21(17-28-26)11-10-20-6-5-9-23(16-20)31-27(34)33-25(14-15-35-33)22-7-3-2-4-8-22/h2-9,12-13,16-19,25H,14-15H2,1H3,(H,28,30)(H,31,34)/t25-/m0/s1. The van der Waals surface area contributed by atoms with Gasteiger partial charge in [-0.2, -0.15) is 10.2 Å². The third kappa shape index (κ3) is 5.49. The van der Waals surface area contributed by atoms with E-state index in [1.165, 1.54) is 5.06 Å². The fraction of sp³-hybridized carbons (Fsp3) is 0.148. The van der Waals surface area contributed by atoms with Crippen LogP contribution in [0.25, 0.3) is 0 Å². The van der Waals surface area contributed by atoms with Crippen LogP contribution in [0.15, 0.2) is 85.3 Å². The first kappa shape index (κ1) is 22.2. The van der Waals surface area contributed by atoms with Crippen molar-refractivity contribution < 1.29 is 9.63 Å². The van der Waals surface area contributed by atoms with Crippen molar-refractivity contribution in [3.05, 3.63) is 102 Å². The Hall–Kier alpha value is -4.61. The van der Waals surface area contributed by atoms with Crippen molar-refractivity contribution in [1.82, 2.24) is 19.8 Å². The van der Waals surface area contributed by atoms with E-state index in [0.717, 1.165) is 28.8 Å². The average molecular weight is 465 g/mol. The van der Waals surface area contributed by atoms with Gasteiger partial charge in [0.15, 0.2) is 0 Å². The monoisotopic (exact) mass is 464 g/mol. The largest absolute Gasteiger partial charge is 0.346 e. The lowest BCUT2D eigenvalue weighted by molar-refractivity contribution is -0.0829. The van der Waals surface area contributed by atoms with Crippen molar-refractivity contribution in [1.29, 1.82) is 0 Å². The van der Waals surface area contributed by atoms with Crippen LogP contribution in [0.3, 0.4) is 0 Å². The summed E-state index contributed by atoms with van der Waals surface area (Å²) in [4.78, 5) is 22.9. The first-order chi connectivity index (χ1) is 17.1. The quantitative estimate of drug-likeness (QED) is 0.421. The predicted molar refractivity (Wildman–Crippen MR) is 134 cm³/mol. The molecule has 1 aliphatic rings. The molecule has 1 atom stereocenters. The molecule has 1 aliphatic heterocycles. The Kier molecular flexibility index (Phi) is 6.42. The number of carbonyl (C=O) groups is 1. The molecule has 5 rings (SSSR count). The van der Waals surface area contributed by atoms with Crippen molar-refractivity contribution in [2.45, 2.75) is 12.5 Å². The molecule has 35 heavy (non-hydrogen) atoms. The normalized spacial score (nSPS) is 14.8. The molecular formula is C27H24N6O2. The fourth-order valence-corrected chi connectivity index (χ4v) is 3.82. The van der Waals surface area contributed by atoms with Gasteiger partial charge in [-0.1, -0.05) is 48.2 Å². The summed E-state index contributed by atoms with van der Waals surface area (Å²) in [5.41, 5.74) is 4.13. The van der Waals surface area contributed by atoms with Gasteiger partial charge in [-0.3, -0.25) is 9.52 Å². The molecule has 174 valence electrons. The lowest BCUT2D eigenvalue weighted by Gasteiger charge is -2.23. The number of rotatable bonds is 4. The highest BCUT2D eigenvalue weighted by Crippen LogP contribution is 2.30. The predicted octanol–water partition coefficient (Wildman–Crippen LogP) is 4.87. The molecule has 2 aromatic carbocycles. The van der Waals surface area contributed by atoms with Gasteiger partial charge in [-0.15, -0.1) is 0 Å². The number of hydrogen-bond donors (Lipinski definition) is 2. The van der Waals surface area contributed by atoms with Gasteiger partial charge in [0.2, 0.25) is 0 Å². The number of hydroxylamine groups is 2. The van der Waals surface area contributed by atoms with Crippen LogP contribution in [0.1, 0.15) is 29.2 Å². The van der Waals surface area contributed by atoms with E-state index >= 15 is 0 Å². The van der Waals surface area contributed by atoms with E-state index in [0.29, 0.717) is 18.1 Å². The van der Waals surface area contributed by atoms with E-state index in [1.807, 2.05) is 80.0 Å². The molecule has 3 heterocycles. The van der Waals surface area contributed by atoms with Crippen molar-refractivity contribution in [2.24, 2.45) is 7.05 Å². The molecule has 2 amide bonds. The van der Waals surface area contributed by atoms with Crippen molar-refractivity contribution in [2.75, 3.05) is 17.2 Å². The van der Waals surface area contributed by atoms with Crippen molar-refractivity contribution in [3.63, 3.8) is 0 Å². The molecule has 0 spiro atoms. The lowest BCUT2D eigenvalue weighted by Crippen LogP contribution is -2.33. The molecule has 4 aromatic rings. The van der Waals surface area contributed by atoms with Crippen LogP contribution in [0, 0.1) is 11.8 Å². The van der Waals surface area contributed by atoms with Gasteiger partial charge >= 0.3 is 6.03 Å². The van der Waals surface area contributed by atoms with Gasteiger partial charge in [-0.05, 0) is 35.9 Å². The molecule has 0 saturated carbocycles. The van der Waals surface area contributed by atoms with Crippen LogP contribution < -0.4 is 10.6 Å². The summed E-state index contributed by atoms with van der Waals surface area (Å²) in [5.74, 6) is 6.96. The number of carbonyl (C=O) groups excluding carboxylic acids is 1. The summed E-state index contributed by atoms with van der Waals surface area (Å²) in [7, 11) is 1.86. The summed E-state index contributed by atoms with van der Waals surface area (Å²) in [5, 5.41) is 11.7. The Balaban J connectivity index is 1.23. The zero-order chi connectivity index (χ0) is 24.0. The molecule has 0 radical (unpaired) electrons. The second-order valence-corrected chi connectivity index (χ2v) is 8.09. The Morgan fingerprint density at radius 2 is 1.86 bits per heavy atom. The summed E-state index contributed by atoms with van der Waals surface area (Å²) in [6, 6.07) is 20.7. The highest BCUT2D eigenvalue weighted by molar-refractivity contribution is 5.89. The van der Waals surface area contributed by atoms with Crippen LogP contribution >= 0.6 is 0 Å². The number of anilines is 3. The third-order valence-corrected chi connectivity index (χ3v) is 5.50. The van der Waals surface area contributed by atoms with Gasteiger partial charge in [0.1, 0.15) is 5.82 Å². The van der Waals surface area contributed by atoms with E-state index in [4.69, 9.17) is 4.84 Å². The Labute approximate surface area is 203 Å². The van der Waals surface area contributed by atoms with Crippen LogP contribution in [-0.2, 0) is 11.9 Å². The van der Waals surface area contributed by atoms with Gasteiger partial charge in [0.25, 0.3) is 0 Å². The summed E-state index contributed by atoms with van der Waals surface area (Å²) < 4.78 is 1.72. The summed E-state index contributed by atoms with van der Waals surface area (Å²) in [6.07, 6.45) is 6.08. The van der Waals surface area contributed by atoms with Gasteiger partial charge in [0.05, 0.1) is 24.5 Å². The number of pyridine rings is 1. The summed E-state index contributed by atoms with van der Waals surface area (Å²) in [6.45, 7) is 0.503. The van der Waals surface area contributed by atoms with E-state index < -0.39 is 0 Å². The number of nitrogens with zero attached hydrogens (tertiary/aromatic N) is 4. The Bertz CT molecular complexity index is 1370. The second kappa shape index (κ2) is 10.1. The average Bonchev–Trinajstić information content (AvgIpc) is 3.54. The topological polar surface area (TPSA) is 84.3 Å². The maximum Gasteiger partial charge on any atom is 0.346 e. The van der Waals surface area contributed by atoms with Gasteiger partial charge in [0, 0.05) is 42.7 Å². The Morgan fingerprint density at radius 3 is 2.63 bits per heavy atom. The first-order valence-electron chi connectivity index (χ1n) is 11.3. The van der Waals surface area contributed by atoms with E-state index in [-0.39, 0.29) is 12.1 Å². The minimum absolute atomic E-state index is 0.109. The minimum atomic E-state index is -0.303. The molecule has 8 heteroatoms. The number of nitrogens with one attached hydrogen (secondary N) is 2. The molecular weight excluding hydrogens is 440 g/mol. The second-order valence-electron chi connectivity index (χ2n) is 8.09. The molecule has 2 N–H and O–H groups in total. The third-order valence-electron chi connectivity index (χ3n) is 5.50. The fourth-order valence-electron chi connectivity index (χ4n) is 3.82. The maximum absolute atomic E-state index is 12.9. The molecule has 1 fully saturated rings. The molecule has 1 saturated heterocycles. The molecule has 0 aliphatic carbocycles. The van der Waals surface area contributed by atoms with Crippen LogP contribution in [0.2, 0.25) is 0 Å². The highest BCUT2D eigenvalue weighted by atomic mass is 16.7. The minimum Gasteiger partial charge on any atom is -0.338 e. The zero-order valence-electron chi connectivity index (χ0n) is 19.2. The van der Waals surface area contributed by atoms with E-state index in [1.54, 1.807) is 17.1 Å². The number of aromatic nitrogens is 3. The zero-order valence-corrected chi connectivity index (χ0v) is 19.2. The van der Waals surface area contributed by atoms with E-state index in [2.05, 4.69) is 32.6 Å². The number of urea groups is 1. The summed E-state index contributed by atoms with van der Waals surface area (Å²) >= 11 is 0. The SMILES string of the molecule is Cn1cc(Nc2ccc(C#Cc3cccc(NC(=O)N4OCC[C@H]4c4ccccc4)c3)cn2)cn1. The number of amides is 2. The smallest absolute Gasteiger partial charge is 0.338 e. The highest BCUT2D eigenvalue weighted by Gasteiger charge is 2.31. The Morgan fingerprint density at radius 1 is 1.00 bits per heavy atom. The lowest BCUT2D eigenvalue weighted by atomic mass is 10.1. The number of aryl methyl sites for hydroxylation is 1. The van der Waals surface area contributed by atoms with Crippen LogP contribution in [0.5, 0.6) is 0 Å². The van der Waals surface area contributed by atoms with Crippen molar-refractivity contribution in [3.8, 4) is 11.8 Å². The molecule has 8 nitrogen and oxygen atoms in total. The van der Waals surface area contributed by atoms with Crippen molar-refractivity contribution >= 4 is 23.2 Å². The molecule has 2 aromatic heterocycles. The molecule has 0 unspecified atom stereocenters. The van der Waals surface area contributed by atoms with E-state index in [9.17, 15) is 4.79 Å². The number of hydrogen-bond acceptors (Lipinski definition) is 5.